The van der Waals surface area contributed by atoms with E-state index in [0.29, 0.717) is 0 Å². The van der Waals surface area contributed by atoms with E-state index in [-0.39, 0.29) is 36.6 Å². The standard InChI is InChI=1S/C14H22N2O4/c17-11(16-12(14(19)20)9-5-6-9)7-8-15-13(18)10-3-1-2-4-10/h9-10,12H,1-8H2,(H,15,18)(H,16,17)(H,19,20). The van der Waals surface area contributed by atoms with Crippen LogP contribution in [0.25, 0.3) is 0 Å². The van der Waals surface area contributed by atoms with Crippen LogP contribution in [0.2, 0.25) is 0 Å². The molecular weight excluding hydrogens is 260 g/mol. The third-order valence-corrected chi connectivity index (χ3v) is 4.05. The summed E-state index contributed by atoms with van der Waals surface area (Å²) in [6, 6.07) is -0.770. The smallest absolute Gasteiger partial charge is 0.326 e. The second kappa shape index (κ2) is 6.72. The Labute approximate surface area is 118 Å². The van der Waals surface area contributed by atoms with Crippen LogP contribution in [-0.4, -0.2) is 35.5 Å². The topological polar surface area (TPSA) is 95.5 Å². The molecule has 0 spiro atoms. The number of hydrogen-bond acceptors (Lipinski definition) is 3. The minimum Gasteiger partial charge on any atom is -0.480 e. The molecule has 0 bridgehead atoms. The van der Waals surface area contributed by atoms with Gasteiger partial charge in [-0.1, -0.05) is 12.8 Å². The monoisotopic (exact) mass is 282 g/mol. The highest BCUT2D eigenvalue weighted by atomic mass is 16.4. The van der Waals surface area contributed by atoms with E-state index in [1.54, 1.807) is 0 Å². The first kappa shape index (κ1) is 14.8. The maximum Gasteiger partial charge on any atom is 0.326 e. The quantitative estimate of drug-likeness (QED) is 0.639. The number of aliphatic carboxylic acids is 1. The van der Waals surface area contributed by atoms with Crippen molar-refractivity contribution in [1.29, 1.82) is 0 Å². The maximum absolute atomic E-state index is 11.7. The van der Waals surface area contributed by atoms with Crippen molar-refractivity contribution in [1.82, 2.24) is 10.6 Å². The van der Waals surface area contributed by atoms with Crippen LogP contribution < -0.4 is 10.6 Å². The highest BCUT2D eigenvalue weighted by Gasteiger charge is 2.37. The van der Waals surface area contributed by atoms with Crippen LogP contribution in [0.1, 0.15) is 44.9 Å². The highest BCUT2D eigenvalue weighted by molar-refractivity contribution is 5.84. The fourth-order valence-electron chi connectivity index (χ4n) is 2.69. The van der Waals surface area contributed by atoms with E-state index in [1.807, 2.05) is 0 Å². The zero-order chi connectivity index (χ0) is 14.5. The normalized spacial score (nSPS) is 20.4. The van der Waals surface area contributed by atoms with Crippen molar-refractivity contribution in [3.63, 3.8) is 0 Å². The summed E-state index contributed by atoms with van der Waals surface area (Å²) in [5, 5.41) is 14.3. The van der Waals surface area contributed by atoms with Gasteiger partial charge < -0.3 is 15.7 Å². The van der Waals surface area contributed by atoms with Gasteiger partial charge >= 0.3 is 5.97 Å². The molecule has 2 rings (SSSR count). The Morgan fingerprint density at radius 2 is 1.75 bits per heavy atom. The van der Waals surface area contributed by atoms with Gasteiger partial charge in [-0.3, -0.25) is 9.59 Å². The Kier molecular flexibility index (Phi) is 4.98. The zero-order valence-corrected chi connectivity index (χ0v) is 11.6. The molecule has 1 atom stereocenters. The Hall–Kier alpha value is -1.59. The molecule has 2 amide bonds. The third kappa shape index (κ3) is 4.21. The van der Waals surface area contributed by atoms with Crippen molar-refractivity contribution in [2.75, 3.05) is 6.54 Å². The van der Waals surface area contributed by atoms with Gasteiger partial charge in [0.25, 0.3) is 0 Å². The number of carboxylic acids is 1. The second-order valence-corrected chi connectivity index (χ2v) is 5.74. The van der Waals surface area contributed by atoms with E-state index in [9.17, 15) is 14.4 Å². The number of carboxylic acid groups (broad SMARTS) is 1. The predicted octanol–water partition coefficient (Wildman–Crippen LogP) is 0.662. The molecule has 2 saturated carbocycles. The minimum atomic E-state index is -0.976. The Bertz CT molecular complexity index is 387. The fraction of sp³-hybridized carbons (Fsp3) is 0.786. The summed E-state index contributed by atoms with van der Waals surface area (Å²) < 4.78 is 0. The van der Waals surface area contributed by atoms with Gasteiger partial charge in [0.15, 0.2) is 0 Å². The van der Waals surface area contributed by atoms with Crippen LogP contribution in [-0.2, 0) is 14.4 Å². The summed E-state index contributed by atoms with van der Waals surface area (Å²) >= 11 is 0. The molecule has 1 unspecified atom stereocenters. The number of nitrogens with one attached hydrogen (secondary N) is 2. The summed E-state index contributed by atoms with van der Waals surface area (Å²) in [4.78, 5) is 34.4. The van der Waals surface area contributed by atoms with E-state index in [1.165, 1.54) is 0 Å². The molecule has 112 valence electrons. The van der Waals surface area contributed by atoms with Gasteiger partial charge in [0.2, 0.25) is 11.8 Å². The first-order chi connectivity index (χ1) is 9.58. The molecule has 6 nitrogen and oxygen atoms in total. The highest BCUT2D eigenvalue weighted by Crippen LogP contribution is 2.32. The predicted molar refractivity (Wildman–Crippen MR) is 71.9 cm³/mol. The van der Waals surface area contributed by atoms with E-state index < -0.39 is 12.0 Å². The lowest BCUT2D eigenvalue weighted by atomic mass is 10.1. The Morgan fingerprint density at radius 3 is 2.30 bits per heavy atom. The molecule has 2 aliphatic carbocycles. The lowest BCUT2D eigenvalue weighted by molar-refractivity contribution is -0.142. The van der Waals surface area contributed by atoms with Crippen LogP contribution in [0.3, 0.4) is 0 Å². The van der Waals surface area contributed by atoms with Crippen LogP contribution in [0.4, 0.5) is 0 Å². The van der Waals surface area contributed by atoms with Crippen LogP contribution in [0.15, 0.2) is 0 Å². The van der Waals surface area contributed by atoms with Gasteiger partial charge in [-0.2, -0.15) is 0 Å². The molecule has 0 aliphatic heterocycles. The van der Waals surface area contributed by atoms with E-state index in [4.69, 9.17) is 5.11 Å². The first-order valence-electron chi connectivity index (χ1n) is 7.38. The largest absolute Gasteiger partial charge is 0.480 e. The van der Waals surface area contributed by atoms with Crippen LogP contribution >= 0.6 is 0 Å². The number of rotatable bonds is 7. The van der Waals surface area contributed by atoms with Crippen molar-refractivity contribution in [3.05, 3.63) is 0 Å². The van der Waals surface area contributed by atoms with Gasteiger partial charge in [-0.25, -0.2) is 4.79 Å². The van der Waals surface area contributed by atoms with Gasteiger partial charge in [0.05, 0.1) is 0 Å². The molecule has 0 radical (unpaired) electrons. The van der Waals surface area contributed by atoms with Gasteiger partial charge in [0, 0.05) is 18.9 Å². The van der Waals surface area contributed by atoms with Gasteiger partial charge in [-0.15, -0.1) is 0 Å². The Morgan fingerprint density at radius 1 is 1.10 bits per heavy atom. The van der Waals surface area contributed by atoms with Crippen molar-refractivity contribution >= 4 is 17.8 Å². The minimum absolute atomic E-state index is 0.0206. The summed E-state index contributed by atoms with van der Waals surface area (Å²) in [6.07, 6.45) is 5.91. The molecule has 0 saturated heterocycles. The lowest BCUT2D eigenvalue weighted by Gasteiger charge is -2.14. The molecular formula is C14H22N2O4. The fourth-order valence-corrected chi connectivity index (χ4v) is 2.69. The molecule has 0 aromatic carbocycles. The van der Waals surface area contributed by atoms with Gasteiger partial charge in [-0.05, 0) is 31.6 Å². The van der Waals surface area contributed by atoms with Crippen molar-refractivity contribution < 1.29 is 19.5 Å². The molecule has 0 heterocycles. The average Bonchev–Trinajstić information content (AvgIpc) is 3.08. The SMILES string of the molecule is O=C(CCNC(=O)C1CCCC1)NC(C(=O)O)C1CC1. The average molecular weight is 282 g/mol. The number of amides is 2. The summed E-state index contributed by atoms with van der Waals surface area (Å²) in [5.74, 6) is -1.10. The number of hydrogen-bond donors (Lipinski definition) is 3. The lowest BCUT2D eigenvalue weighted by Crippen LogP contribution is -2.43. The first-order valence-corrected chi connectivity index (χ1v) is 7.38. The molecule has 3 N–H and O–H groups in total. The van der Waals surface area contributed by atoms with Gasteiger partial charge in [0.1, 0.15) is 6.04 Å². The summed E-state index contributed by atoms with van der Waals surface area (Å²) in [7, 11) is 0. The number of carbonyl (C=O) groups excluding carboxylic acids is 2. The maximum atomic E-state index is 11.7. The van der Waals surface area contributed by atoms with Crippen LogP contribution in [0, 0.1) is 11.8 Å². The molecule has 0 aromatic rings. The van der Waals surface area contributed by atoms with Crippen LogP contribution in [0.5, 0.6) is 0 Å². The summed E-state index contributed by atoms with van der Waals surface area (Å²) in [6.45, 7) is 0.276. The van der Waals surface area contributed by atoms with Crippen molar-refractivity contribution in [2.24, 2.45) is 11.8 Å². The molecule has 0 aromatic heterocycles. The Balaban J connectivity index is 1.64. The zero-order valence-electron chi connectivity index (χ0n) is 11.6. The van der Waals surface area contributed by atoms with Crippen molar-refractivity contribution in [2.45, 2.75) is 51.0 Å². The molecule has 20 heavy (non-hydrogen) atoms. The van der Waals surface area contributed by atoms with E-state index in [0.717, 1.165) is 38.5 Å². The molecule has 2 fully saturated rings. The number of carbonyl (C=O) groups is 3. The van der Waals surface area contributed by atoms with E-state index >= 15 is 0 Å². The molecule has 6 heteroatoms. The summed E-state index contributed by atoms with van der Waals surface area (Å²) in [5.41, 5.74) is 0. The second-order valence-electron chi connectivity index (χ2n) is 5.74. The van der Waals surface area contributed by atoms with Crippen molar-refractivity contribution in [3.8, 4) is 0 Å². The third-order valence-electron chi connectivity index (χ3n) is 4.05. The molecule has 2 aliphatic rings. The van der Waals surface area contributed by atoms with E-state index in [2.05, 4.69) is 10.6 Å².